The normalized spacial score (nSPS) is 9.58. The van der Waals surface area contributed by atoms with Crippen molar-refractivity contribution in [2.24, 2.45) is 0 Å². The van der Waals surface area contributed by atoms with Crippen LogP contribution in [0.5, 0.6) is 0 Å². The van der Waals surface area contributed by atoms with Crippen LogP contribution >= 0.6 is 39.1 Å². The average molecular weight is 269 g/mol. The highest BCUT2D eigenvalue weighted by atomic mass is 79.9. The molecule has 0 aromatic heterocycles. The fraction of sp³-hybridized carbons (Fsp3) is 0. The first-order chi connectivity index (χ1) is 5.65. The summed E-state index contributed by atoms with van der Waals surface area (Å²) in [7, 11) is 0. The predicted molar refractivity (Wildman–Crippen MR) is 53.8 cm³/mol. The molecule has 64 valence electrons. The van der Waals surface area contributed by atoms with Gasteiger partial charge in [0.25, 0.3) is 0 Å². The van der Waals surface area contributed by atoms with Crippen LogP contribution in [0.25, 0.3) is 0 Å². The van der Waals surface area contributed by atoms with Gasteiger partial charge in [0.05, 0.1) is 10.7 Å². The number of benzene rings is 1. The molecule has 0 saturated carbocycles. The lowest BCUT2D eigenvalue weighted by molar-refractivity contribution is -0.105. The Morgan fingerprint density at radius 1 is 1.42 bits per heavy atom. The topological polar surface area (TPSA) is 29.1 Å². The Morgan fingerprint density at radius 3 is 2.67 bits per heavy atom. The number of amides is 1. The highest BCUT2D eigenvalue weighted by molar-refractivity contribution is 9.10. The Kier molecular flexibility index (Phi) is 3.38. The van der Waals surface area contributed by atoms with Crippen LogP contribution < -0.4 is 5.32 Å². The van der Waals surface area contributed by atoms with Gasteiger partial charge in [-0.3, -0.25) is 4.79 Å². The zero-order valence-corrected chi connectivity index (χ0v) is 8.87. The molecule has 0 heterocycles. The van der Waals surface area contributed by atoms with E-state index in [4.69, 9.17) is 23.2 Å². The van der Waals surface area contributed by atoms with Gasteiger partial charge in [-0.15, -0.1) is 0 Å². The largest absolute Gasteiger partial charge is 0.327 e. The summed E-state index contributed by atoms with van der Waals surface area (Å²) in [6.07, 6.45) is 0.546. The molecule has 0 aliphatic carbocycles. The average Bonchev–Trinajstić information content (AvgIpc) is 2.00. The maximum atomic E-state index is 10.1. The summed E-state index contributed by atoms with van der Waals surface area (Å²) in [5.74, 6) is 0. The summed E-state index contributed by atoms with van der Waals surface area (Å²) in [5, 5.41) is 3.38. The molecule has 0 unspecified atom stereocenters. The number of carbonyl (C=O) groups excluding carboxylic acids is 1. The van der Waals surface area contributed by atoms with Gasteiger partial charge in [0.1, 0.15) is 0 Å². The smallest absolute Gasteiger partial charge is 0.211 e. The van der Waals surface area contributed by atoms with Crippen molar-refractivity contribution in [1.29, 1.82) is 0 Å². The van der Waals surface area contributed by atoms with Crippen LogP contribution in [0.1, 0.15) is 0 Å². The zero-order chi connectivity index (χ0) is 9.14. The quantitative estimate of drug-likeness (QED) is 0.647. The number of hydrogen-bond acceptors (Lipinski definition) is 1. The van der Waals surface area contributed by atoms with Crippen LogP contribution in [0, 0.1) is 0 Å². The number of carbonyl (C=O) groups is 1. The summed E-state index contributed by atoms with van der Waals surface area (Å²) in [4.78, 5) is 10.1. The van der Waals surface area contributed by atoms with Crippen molar-refractivity contribution in [2.45, 2.75) is 0 Å². The van der Waals surface area contributed by atoms with E-state index in [0.717, 1.165) is 0 Å². The standard InChI is InChI=1S/C7H4BrCl2NO/c8-5-1-4(9)2-6(7(5)10)11-3-12/h1-3H,(H,11,12). The van der Waals surface area contributed by atoms with Crippen LogP contribution in [0.15, 0.2) is 16.6 Å². The van der Waals surface area contributed by atoms with Gasteiger partial charge in [0, 0.05) is 9.50 Å². The zero-order valence-electron chi connectivity index (χ0n) is 5.77. The monoisotopic (exact) mass is 267 g/mol. The van der Waals surface area contributed by atoms with Gasteiger partial charge in [-0.25, -0.2) is 0 Å². The molecule has 1 aromatic carbocycles. The van der Waals surface area contributed by atoms with Gasteiger partial charge in [-0.1, -0.05) is 23.2 Å². The van der Waals surface area contributed by atoms with Gasteiger partial charge in [-0.2, -0.15) is 0 Å². The van der Waals surface area contributed by atoms with Crippen molar-refractivity contribution in [3.05, 3.63) is 26.7 Å². The number of rotatable bonds is 2. The van der Waals surface area contributed by atoms with Crippen molar-refractivity contribution in [1.82, 2.24) is 0 Å². The van der Waals surface area contributed by atoms with Crippen LogP contribution in [0.4, 0.5) is 5.69 Å². The third-order valence-corrected chi connectivity index (χ3v) is 2.69. The Morgan fingerprint density at radius 2 is 2.08 bits per heavy atom. The molecule has 1 aromatic rings. The van der Waals surface area contributed by atoms with Gasteiger partial charge < -0.3 is 5.32 Å². The number of hydrogen-bond donors (Lipinski definition) is 1. The minimum absolute atomic E-state index is 0.437. The van der Waals surface area contributed by atoms with E-state index in [2.05, 4.69) is 21.2 Å². The molecule has 1 N–H and O–H groups in total. The fourth-order valence-electron chi connectivity index (χ4n) is 0.725. The van der Waals surface area contributed by atoms with E-state index in [0.29, 0.717) is 26.6 Å². The van der Waals surface area contributed by atoms with Crippen LogP contribution in [0.2, 0.25) is 10.0 Å². The van der Waals surface area contributed by atoms with E-state index >= 15 is 0 Å². The van der Waals surface area contributed by atoms with Crippen molar-refractivity contribution in [3.8, 4) is 0 Å². The third kappa shape index (κ3) is 2.12. The van der Waals surface area contributed by atoms with E-state index in [1.165, 1.54) is 0 Å². The Hall–Kier alpha value is -0.250. The lowest BCUT2D eigenvalue weighted by atomic mass is 10.3. The predicted octanol–water partition coefficient (Wildman–Crippen LogP) is 3.32. The SMILES string of the molecule is O=CNc1cc(Cl)cc(Br)c1Cl. The Labute approximate surface area is 88.0 Å². The second kappa shape index (κ2) is 4.12. The van der Waals surface area contributed by atoms with E-state index in [1.807, 2.05) is 0 Å². The fourth-order valence-corrected chi connectivity index (χ4v) is 1.70. The first-order valence-corrected chi connectivity index (χ1v) is 4.54. The maximum Gasteiger partial charge on any atom is 0.211 e. The third-order valence-electron chi connectivity index (χ3n) is 1.21. The highest BCUT2D eigenvalue weighted by Crippen LogP contribution is 2.33. The van der Waals surface area contributed by atoms with Gasteiger partial charge in [-0.05, 0) is 28.1 Å². The summed E-state index contributed by atoms with van der Waals surface area (Å²) >= 11 is 14.7. The van der Waals surface area contributed by atoms with Gasteiger partial charge in [0.15, 0.2) is 0 Å². The molecule has 0 atom stereocenters. The molecule has 0 radical (unpaired) electrons. The summed E-state index contributed by atoms with van der Waals surface area (Å²) < 4.78 is 0.654. The molecule has 0 saturated heterocycles. The molecule has 1 rings (SSSR count). The second-order valence-electron chi connectivity index (χ2n) is 2.01. The van der Waals surface area contributed by atoms with Crippen molar-refractivity contribution in [3.63, 3.8) is 0 Å². The molecule has 1 amide bonds. The van der Waals surface area contributed by atoms with Crippen LogP contribution in [-0.4, -0.2) is 6.41 Å². The van der Waals surface area contributed by atoms with Gasteiger partial charge >= 0.3 is 0 Å². The van der Waals surface area contributed by atoms with Gasteiger partial charge in [0.2, 0.25) is 6.41 Å². The summed E-state index contributed by atoms with van der Waals surface area (Å²) in [6.45, 7) is 0. The van der Waals surface area contributed by atoms with Crippen molar-refractivity contribution < 1.29 is 4.79 Å². The minimum atomic E-state index is 0.437. The molecular weight excluding hydrogens is 265 g/mol. The molecule has 0 fully saturated rings. The first-order valence-electron chi connectivity index (χ1n) is 3.00. The number of nitrogens with one attached hydrogen (secondary N) is 1. The Balaban J connectivity index is 3.17. The number of anilines is 1. The van der Waals surface area contributed by atoms with Crippen molar-refractivity contribution >= 4 is 51.2 Å². The molecule has 12 heavy (non-hydrogen) atoms. The summed E-state index contributed by atoms with van der Waals surface area (Å²) in [6, 6.07) is 3.23. The lowest BCUT2D eigenvalue weighted by Crippen LogP contribution is -1.94. The molecule has 0 spiro atoms. The lowest BCUT2D eigenvalue weighted by Gasteiger charge is -2.04. The molecule has 0 aliphatic heterocycles. The second-order valence-corrected chi connectivity index (χ2v) is 3.68. The van der Waals surface area contributed by atoms with E-state index in [1.54, 1.807) is 12.1 Å². The molecule has 0 bridgehead atoms. The first kappa shape index (κ1) is 9.84. The number of halogens is 3. The van der Waals surface area contributed by atoms with Crippen LogP contribution in [-0.2, 0) is 4.79 Å². The Bertz CT molecular complexity index is 317. The highest BCUT2D eigenvalue weighted by Gasteiger charge is 2.04. The summed E-state index contributed by atoms with van der Waals surface area (Å²) in [5.41, 5.74) is 0.492. The molecular formula is C7H4BrCl2NO. The molecule has 5 heteroatoms. The van der Waals surface area contributed by atoms with Crippen molar-refractivity contribution in [2.75, 3.05) is 5.32 Å². The molecule has 2 nitrogen and oxygen atoms in total. The minimum Gasteiger partial charge on any atom is -0.327 e. The van der Waals surface area contributed by atoms with E-state index in [-0.39, 0.29) is 0 Å². The van der Waals surface area contributed by atoms with E-state index in [9.17, 15) is 4.79 Å². The van der Waals surface area contributed by atoms with Crippen LogP contribution in [0.3, 0.4) is 0 Å². The maximum absolute atomic E-state index is 10.1. The molecule has 0 aliphatic rings. The van der Waals surface area contributed by atoms with E-state index < -0.39 is 0 Å².